The summed E-state index contributed by atoms with van der Waals surface area (Å²) in [6.45, 7) is 4.50. The van der Waals surface area contributed by atoms with Gasteiger partial charge in [0.15, 0.2) is 11.5 Å². The van der Waals surface area contributed by atoms with Crippen molar-refractivity contribution in [1.29, 1.82) is 0 Å². The molecule has 8 heteroatoms. The molecule has 2 aromatic carbocycles. The van der Waals surface area contributed by atoms with Crippen molar-refractivity contribution in [2.24, 2.45) is 0 Å². The van der Waals surface area contributed by atoms with Crippen molar-refractivity contribution in [2.75, 3.05) is 20.3 Å². The molecule has 190 valence electrons. The molecule has 0 atom stereocenters. The van der Waals surface area contributed by atoms with Crippen LogP contribution in [0.5, 0.6) is 11.5 Å². The highest BCUT2D eigenvalue weighted by Gasteiger charge is 2.46. The summed E-state index contributed by atoms with van der Waals surface area (Å²) >= 11 is 0. The van der Waals surface area contributed by atoms with Crippen molar-refractivity contribution in [2.45, 2.75) is 51.5 Å². The van der Waals surface area contributed by atoms with Gasteiger partial charge in [-0.05, 0) is 42.7 Å². The number of amides is 1. The molecule has 0 spiro atoms. The molecule has 3 aromatic rings. The van der Waals surface area contributed by atoms with Crippen LogP contribution in [0.2, 0.25) is 0 Å². The Balaban J connectivity index is 1.66. The van der Waals surface area contributed by atoms with E-state index in [2.05, 4.69) is 17.2 Å². The molecular formula is C28H32N2O6. The Hall–Kier alpha value is -3.81. The maximum atomic E-state index is 13.4. The number of hydrogen-bond donors (Lipinski definition) is 2. The second-order valence-electron chi connectivity index (χ2n) is 9.01. The van der Waals surface area contributed by atoms with Crippen molar-refractivity contribution in [1.82, 2.24) is 10.3 Å². The Morgan fingerprint density at radius 1 is 1.06 bits per heavy atom. The summed E-state index contributed by atoms with van der Waals surface area (Å²) in [5, 5.41) is 3.46. The first-order valence-corrected chi connectivity index (χ1v) is 12.4. The minimum absolute atomic E-state index is 0.0933. The Labute approximate surface area is 210 Å². The van der Waals surface area contributed by atoms with Crippen LogP contribution in [0.15, 0.2) is 47.3 Å². The lowest BCUT2D eigenvalue weighted by Crippen LogP contribution is -2.56. The van der Waals surface area contributed by atoms with Crippen molar-refractivity contribution in [3.05, 3.63) is 69.5 Å². The average molecular weight is 493 g/mol. The summed E-state index contributed by atoms with van der Waals surface area (Å²) in [6.07, 6.45) is 3.56. The lowest BCUT2D eigenvalue weighted by atomic mass is 9.95. The summed E-state index contributed by atoms with van der Waals surface area (Å²) in [7, 11) is 1.54. The molecular weight excluding hydrogens is 460 g/mol. The van der Waals surface area contributed by atoms with Gasteiger partial charge in [-0.15, -0.1) is 0 Å². The number of H-pyrrole nitrogens is 1. The lowest BCUT2D eigenvalue weighted by Gasteiger charge is -2.27. The van der Waals surface area contributed by atoms with Crippen LogP contribution in [0.25, 0.3) is 10.9 Å². The molecule has 0 aliphatic heterocycles. The molecule has 0 unspecified atom stereocenters. The first kappa shape index (κ1) is 25.3. The summed E-state index contributed by atoms with van der Waals surface area (Å²) in [5.74, 6) is -0.222. The normalized spacial score (nSPS) is 13.8. The largest absolute Gasteiger partial charge is 0.493 e. The number of aromatic amines is 1. The topological polar surface area (TPSA) is 107 Å². The second kappa shape index (κ2) is 10.8. The number of hydrogen-bond acceptors (Lipinski definition) is 6. The van der Waals surface area contributed by atoms with Gasteiger partial charge in [0.25, 0.3) is 11.5 Å². The van der Waals surface area contributed by atoms with E-state index < -0.39 is 23.0 Å². The van der Waals surface area contributed by atoms with E-state index in [4.69, 9.17) is 14.2 Å². The van der Waals surface area contributed by atoms with Crippen molar-refractivity contribution >= 4 is 22.8 Å². The fourth-order valence-electron chi connectivity index (χ4n) is 4.68. The Bertz CT molecular complexity index is 1300. The number of carbonyl (C=O) groups excluding carboxylic acids is 2. The van der Waals surface area contributed by atoms with Gasteiger partial charge in [-0.1, -0.05) is 44.0 Å². The Kier molecular flexibility index (Phi) is 7.62. The van der Waals surface area contributed by atoms with Crippen molar-refractivity contribution < 1.29 is 23.8 Å². The average Bonchev–Trinajstić information content (AvgIpc) is 3.25. The number of esters is 1. The van der Waals surface area contributed by atoms with E-state index in [1.54, 1.807) is 19.1 Å². The zero-order valence-corrected chi connectivity index (χ0v) is 20.9. The zero-order valence-electron chi connectivity index (χ0n) is 20.9. The van der Waals surface area contributed by atoms with Gasteiger partial charge in [0.1, 0.15) is 11.1 Å². The molecule has 0 bridgehead atoms. The fraction of sp³-hybridized carbons (Fsp3) is 0.393. The molecule has 1 amide bonds. The maximum absolute atomic E-state index is 13.4. The molecule has 0 saturated heterocycles. The van der Waals surface area contributed by atoms with Gasteiger partial charge in [0.05, 0.1) is 25.8 Å². The number of pyridine rings is 1. The van der Waals surface area contributed by atoms with Gasteiger partial charge in [-0.3, -0.25) is 9.59 Å². The van der Waals surface area contributed by atoms with Gasteiger partial charge < -0.3 is 24.5 Å². The number of nitrogens with one attached hydrogen (secondary N) is 2. The highest BCUT2D eigenvalue weighted by molar-refractivity contribution is 6.01. The number of unbranched alkanes of at least 4 members (excludes halogenated alkanes) is 2. The third-order valence-electron chi connectivity index (χ3n) is 6.52. The number of ether oxygens (including phenoxy) is 3. The molecule has 0 saturated carbocycles. The van der Waals surface area contributed by atoms with E-state index in [0.29, 0.717) is 41.9 Å². The molecule has 8 nitrogen and oxygen atoms in total. The highest BCUT2D eigenvalue weighted by atomic mass is 16.5. The minimum atomic E-state index is -1.27. The van der Waals surface area contributed by atoms with E-state index in [1.165, 1.54) is 13.2 Å². The summed E-state index contributed by atoms with van der Waals surface area (Å²) < 4.78 is 16.7. The molecule has 4 rings (SSSR count). The Morgan fingerprint density at radius 3 is 2.42 bits per heavy atom. The minimum Gasteiger partial charge on any atom is -0.493 e. The quantitative estimate of drug-likeness (QED) is 0.328. The SMILES string of the molecule is CCCCCOc1c(OC)ccc2cc(C(=O)NC3(C(=O)OCC)Cc4ccccc4C3)c(=O)[nH]c12. The number of aromatic nitrogens is 1. The predicted octanol–water partition coefficient (Wildman–Crippen LogP) is 3.94. The van der Waals surface area contributed by atoms with Crippen LogP contribution in [-0.4, -0.2) is 42.7 Å². The lowest BCUT2D eigenvalue weighted by molar-refractivity contribution is -0.150. The van der Waals surface area contributed by atoms with Crippen LogP contribution in [0.4, 0.5) is 0 Å². The van der Waals surface area contributed by atoms with Gasteiger partial charge in [0, 0.05) is 18.2 Å². The summed E-state index contributed by atoms with van der Waals surface area (Å²) in [5.41, 5.74) is 0.447. The van der Waals surface area contributed by atoms with Crippen LogP contribution in [0.3, 0.4) is 0 Å². The van der Waals surface area contributed by atoms with Gasteiger partial charge >= 0.3 is 5.97 Å². The number of methoxy groups -OCH3 is 1. The molecule has 1 aromatic heterocycles. The van der Waals surface area contributed by atoms with Gasteiger partial charge in [-0.25, -0.2) is 4.79 Å². The Morgan fingerprint density at radius 2 is 1.78 bits per heavy atom. The van der Waals surface area contributed by atoms with Crippen LogP contribution in [-0.2, 0) is 22.4 Å². The molecule has 36 heavy (non-hydrogen) atoms. The van der Waals surface area contributed by atoms with Crippen LogP contribution in [0.1, 0.15) is 54.6 Å². The highest BCUT2D eigenvalue weighted by Crippen LogP contribution is 2.35. The third kappa shape index (κ3) is 4.94. The number of benzene rings is 2. The van der Waals surface area contributed by atoms with E-state index >= 15 is 0 Å². The molecule has 2 N–H and O–H groups in total. The first-order valence-electron chi connectivity index (χ1n) is 12.4. The maximum Gasteiger partial charge on any atom is 0.332 e. The number of carbonyl (C=O) groups is 2. The fourth-order valence-corrected chi connectivity index (χ4v) is 4.68. The zero-order chi connectivity index (χ0) is 25.7. The standard InChI is InChI=1S/C28H32N2O6/c1-4-6-9-14-36-24-22(34-3)13-12-18-15-21(25(31)29-23(18)24)26(32)30-28(27(33)35-5-2)16-19-10-7-8-11-20(19)17-28/h7-8,10-13,15H,4-6,9,14,16-17H2,1-3H3,(H,29,31)(H,30,32). The summed E-state index contributed by atoms with van der Waals surface area (Å²) in [6, 6.07) is 12.7. The first-order chi connectivity index (χ1) is 17.4. The number of rotatable bonds is 10. The summed E-state index contributed by atoms with van der Waals surface area (Å²) in [4.78, 5) is 42.3. The molecule has 0 fully saturated rings. The number of fused-ring (bicyclic) bond motifs is 2. The van der Waals surface area contributed by atoms with Crippen LogP contribution >= 0.6 is 0 Å². The third-order valence-corrected chi connectivity index (χ3v) is 6.52. The molecule has 0 radical (unpaired) electrons. The van der Waals surface area contributed by atoms with E-state index in [0.717, 1.165) is 30.4 Å². The molecule has 1 heterocycles. The van der Waals surface area contributed by atoms with Crippen molar-refractivity contribution in [3.63, 3.8) is 0 Å². The van der Waals surface area contributed by atoms with E-state index in [1.807, 2.05) is 24.3 Å². The van der Waals surface area contributed by atoms with Crippen LogP contribution < -0.4 is 20.3 Å². The second-order valence-corrected chi connectivity index (χ2v) is 9.01. The van der Waals surface area contributed by atoms with Gasteiger partial charge in [-0.2, -0.15) is 0 Å². The van der Waals surface area contributed by atoms with E-state index in [9.17, 15) is 14.4 Å². The predicted molar refractivity (Wildman–Crippen MR) is 137 cm³/mol. The van der Waals surface area contributed by atoms with Crippen molar-refractivity contribution in [3.8, 4) is 11.5 Å². The smallest absolute Gasteiger partial charge is 0.332 e. The van der Waals surface area contributed by atoms with Crippen LogP contribution in [0, 0.1) is 0 Å². The molecule has 1 aliphatic carbocycles. The van der Waals surface area contributed by atoms with E-state index in [-0.39, 0.29) is 12.2 Å². The monoisotopic (exact) mass is 492 g/mol. The molecule has 1 aliphatic rings. The van der Waals surface area contributed by atoms with Gasteiger partial charge in [0.2, 0.25) is 0 Å².